The van der Waals surface area contributed by atoms with Gasteiger partial charge >= 0.3 is 0 Å². The van der Waals surface area contributed by atoms with E-state index in [1.807, 2.05) is 43.6 Å². The highest BCUT2D eigenvalue weighted by molar-refractivity contribution is 5.91. The van der Waals surface area contributed by atoms with E-state index < -0.39 is 0 Å². The zero-order valence-corrected chi connectivity index (χ0v) is 20.5. The summed E-state index contributed by atoms with van der Waals surface area (Å²) in [5.41, 5.74) is 9.50. The molecule has 0 N–H and O–H groups in total. The Morgan fingerprint density at radius 3 is 1.65 bits per heavy atom. The molecule has 0 bridgehead atoms. The molecule has 0 unspecified atom stereocenters. The largest absolute Gasteiger partial charge is 0.299 e. The van der Waals surface area contributed by atoms with Gasteiger partial charge in [0.25, 0.3) is 0 Å². The number of rotatable bonds is 5. The number of aryl methyl sites for hydroxylation is 1. The monoisotopic (exact) mass is 480 g/mol. The number of nitrogens with zero attached hydrogens (tertiary/aromatic N) is 2. The summed E-state index contributed by atoms with van der Waals surface area (Å²) in [5, 5.41) is 0. The third kappa shape index (κ3) is 4.36. The molecule has 0 aliphatic carbocycles. The average molecular weight is 481 g/mol. The minimum absolute atomic E-state index is 0.249. The molecular formula is C34H25FN2. The summed E-state index contributed by atoms with van der Waals surface area (Å²) in [4.78, 5) is 4.74. The Balaban J connectivity index is 1.70. The zero-order chi connectivity index (χ0) is 25.2. The predicted molar refractivity (Wildman–Crippen MR) is 150 cm³/mol. The van der Waals surface area contributed by atoms with E-state index in [0.29, 0.717) is 0 Å². The van der Waals surface area contributed by atoms with Crippen molar-refractivity contribution in [2.45, 2.75) is 6.92 Å². The van der Waals surface area contributed by atoms with Gasteiger partial charge in [0.15, 0.2) is 0 Å². The summed E-state index contributed by atoms with van der Waals surface area (Å²) in [6.45, 7) is 1.92. The highest BCUT2D eigenvalue weighted by Gasteiger charge is 2.20. The molecule has 6 rings (SSSR count). The van der Waals surface area contributed by atoms with Crippen molar-refractivity contribution in [2.24, 2.45) is 0 Å². The van der Waals surface area contributed by atoms with E-state index in [0.717, 1.165) is 56.0 Å². The molecule has 0 aliphatic heterocycles. The highest BCUT2D eigenvalue weighted by atomic mass is 19.1. The van der Waals surface area contributed by atoms with E-state index >= 15 is 0 Å². The second kappa shape index (κ2) is 9.71. The van der Waals surface area contributed by atoms with E-state index in [9.17, 15) is 4.39 Å². The normalized spacial score (nSPS) is 11.0. The van der Waals surface area contributed by atoms with Gasteiger partial charge in [0, 0.05) is 29.1 Å². The van der Waals surface area contributed by atoms with E-state index in [-0.39, 0.29) is 5.82 Å². The van der Waals surface area contributed by atoms with E-state index in [1.165, 1.54) is 6.07 Å². The fraction of sp³-hybridized carbons (Fsp3) is 0.0294. The second-order valence-electron chi connectivity index (χ2n) is 9.10. The first-order chi connectivity index (χ1) is 18.2. The minimum atomic E-state index is -0.249. The summed E-state index contributed by atoms with van der Waals surface area (Å²) in [6.07, 6.45) is 3.81. The van der Waals surface area contributed by atoms with Gasteiger partial charge in [-0.05, 0) is 65.1 Å². The van der Waals surface area contributed by atoms with Crippen molar-refractivity contribution < 1.29 is 4.39 Å². The lowest BCUT2D eigenvalue weighted by Crippen LogP contribution is -2.03. The lowest BCUT2D eigenvalue weighted by Gasteiger charge is -2.21. The maximum atomic E-state index is 14.0. The van der Waals surface area contributed by atoms with Gasteiger partial charge in [-0.3, -0.25) is 4.57 Å². The Bertz CT molecular complexity index is 1610. The maximum Gasteiger partial charge on any atom is 0.144 e. The molecule has 0 saturated carbocycles. The van der Waals surface area contributed by atoms with Crippen molar-refractivity contribution in [1.29, 1.82) is 0 Å². The number of benzene rings is 5. The zero-order valence-electron chi connectivity index (χ0n) is 20.5. The van der Waals surface area contributed by atoms with Crippen LogP contribution in [0.3, 0.4) is 0 Å². The Morgan fingerprint density at radius 1 is 0.568 bits per heavy atom. The van der Waals surface area contributed by atoms with Gasteiger partial charge in [0.05, 0.1) is 5.69 Å². The van der Waals surface area contributed by atoms with Gasteiger partial charge in [-0.2, -0.15) is 0 Å². The molecule has 178 valence electrons. The summed E-state index contributed by atoms with van der Waals surface area (Å²) in [5.74, 6) is 0.529. The molecule has 0 radical (unpaired) electrons. The van der Waals surface area contributed by atoms with Crippen LogP contribution < -0.4 is 0 Å². The molecule has 5 aromatic carbocycles. The lowest BCUT2D eigenvalue weighted by atomic mass is 9.90. The Labute approximate surface area is 216 Å². The van der Waals surface area contributed by atoms with Gasteiger partial charge in [0.2, 0.25) is 0 Å². The van der Waals surface area contributed by atoms with Crippen LogP contribution in [0, 0.1) is 12.7 Å². The fourth-order valence-corrected chi connectivity index (χ4v) is 4.93. The number of imidazole rings is 1. The molecule has 0 fully saturated rings. The van der Waals surface area contributed by atoms with E-state index in [4.69, 9.17) is 4.98 Å². The first-order valence-electron chi connectivity index (χ1n) is 12.3. The van der Waals surface area contributed by atoms with Crippen molar-refractivity contribution >= 4 is 0 Å². The third-order valence-electron chi connectivity index (χ3n) is 6.70. The van der Waals surface area contributed by atoms with Gasteiger partial charge in [-0.25, -0.2) is 9.37 Å². The fourth-order valence-electron chi connectivity index (χ4n) is 4.93. The average Bonchev–Trinajstić information content (AvgIpc) is 3.43. The summed E-state index contributed by atoms with van der Waals surface area (Å²) >= 11 is 0. The van der Waals surface area contributed by atoms with Crippen molar-refractivity contribution in [3.05, 3.63) is 145 Å². The minimum Gasteiger partial charge on any atom is -0.299 e. The highest BCUT2D eigenvalue weighted by Crippen LogP contribution is 2.41. The van der Waals surface area contributed by atoms with Gasteiger partial charge < -0.3 is 0 Å². The van der Waals surface area contributed by atoms with Crippen molar-refractivity contribution in [3.8, 4) is 50.5 Å². The van der Waals surface area contributed by atoms with Gasteiger partial charge in [0.1, 0.15) is 11.6 Å². The van der Waals surface area contributed by atoms with Crippen LogP contribution in [-0.2, 0) is 0 Å². The van der Waals surface area contributed by atoms with Crippen LogP contribution in [0.2, 0.25) is 0 Å². The third-order valence-corrected chi connectivity index (χ3v) is 6.70. The van der Waals surface area contributed by atoms with Crippen LogP contribution >= 0.6 is 0 Å². The van der Waals surface area contributed by atoms with Crippen LogP contribution in [0.25, 0.3) is 50.5 Å². The molecule has 6 aromatic rings. The smallest absolute Gasteiger partial charge is 0.144 e. The molecule has 1 heterocycles. The van der Waals surface area contributed by atoms with Crippen LogP contribution in [0.15, 0.2) is 134 Å². The Kier molecular flexibility index (Phi) is 5.95. The lowest BCUT2D eigenvalue weighted by molar-refractivity contribution is 0.627. The SMILES string of the molecule is Cc1cc(F)ccc1-c1nccn1-c1c(-c2ccccc2)cc(-c2ccccc2)cc1-c1ccccc1. The topological polar surface area (TPSA) is 17.8 Å². The summed E-state index contributed by atoms with van der Waals surface area (Å²) < 4.78 is 16.1. The summed E-state index contributed by atoms with van der Waals surface area (Å²) in [6, 6.07) is 40.7. The molecule has 0 aliphatic rings. The molecule has 1 aromatic heterocycles. The molecular weight excluding hydrogens is 455 g/mol. The van der Waals surface area contributed by atoms with Crippen LogP contribution in [0.5, 0.6) is 0 Å². The standard InChI is InChI=1S/C34H25FN2/c1-24-21-29(35)17-18-30(24)34-36-19-20-37(34)33-31(26-13-7-3-8-14-26)22-28(25-11-5-2-6-12-25)23-32(33)27-15-9-4-10-16-27/h2-23H,1H3. The van der Waals surface area contributed by atoms with Crippen molar-refractivity contribution in [1.82, 2.24) is 9.55 Å². The first kappa shape index (κ1) is 22.7. The molecule has 37 heavy (non-hydrogen) atoms. The molecule has 0 atom stereocenters. The van der Waals surface area contributed by atoms with Gasteiger partial charge in [-0.1, -0.05) is 91.0 Å². The van der Waals surface area contributed by atoms with Crippen molar-refractivity contribution in [3.63, 3.8) is 0 Å². The van der Waals surface area contributed by atoms with Gasteiger partial charge in [-0.15, -0.1) is 0 Å². The molecule has 2 nitrogen and oxygen atoms in total. The van der Waals surface area contributed by atoms with Crippen LogP contribution in [0.1, 0.15) is 5.56 Å². The summed E-state index contributed by atoms with van der Waals surface area (Å²) in [7, 11) is 0. The van der Waals surface area contributed by atoms with E-state index in [1.54, 1.807) is 6.07 Å². The Hall–Kier alpha value is -4.76. The molecule has 0 spiro atoms. The second-order valence-corrected chi connectivity index (χ2v) is 9.10. The number of hydrogen-bond acceptors (Lipinski definition) is 1. The molecule has 0 amide bonds. The Morgan fingerprint density at radius 2 is 1.11 bits per heavy atom. The maximum absolute atomic E-state index is 14.0. The van der Waals surface area contributed by atoms with E-state index in [2.05, 4.69) is 89.5 Å². The molecule has 0 saturated heterocycles. The number of halogens is 1. The van der Waals surface area contributed by atoms with Crippen molar-refractivity contribution in [2.75, 3.05) is 0 Å². The molecule has 3 heteroatoms. The van der Waals surface area contributed by atoms with Crippen LogP contribution in [0.4, 0.5) is 4.39 Å². The van der Waals surface area contributed by atoms with Crippen LogP contribution in [-0.4, -0.2) is 9.55 Å². The predicted octanol–water partition coefficient (Wildman–Crippen LogP) is 8.99. The quantitative estimate of drug-likeness (QED) is 0.241. The number of hydrogen-bond donors (Lipinski definition) is 0. The number of aromatic nitrogens is 2. The first-order valence-corrected chi connectivity index (χ1v) is 12.3.